The molecule has 0 saturated carbocycles. The summed E-state index contributed by atoms with van der Waals surface area (Å²) in [5.74, 6) is 2.48. The molecule has 2 heterocycles. The molecule has 1 aliphatic carbocycles. The third-order valence-electron chi connectivity index (χ3n) is 5.82. The summed E-state index contributed by atoms with van der Waals surface area (Å²) in [5.41, 5.74) is 5.88. The highest BCUT2D eigenvalue weighted by Gasteiger charge is 2.34. The molecular formula is C24H24N4O2. The van der Waals surface area contributed by atoms with Crippen LogP contribution in [0.5, 0.6) is 11.5 Å². The van der Waals surface area contributed by atoms with E-state index < -0.39 is 0 Å². The van der Waals surface area contributed by atoms with Crippen LogP contribution in [-0.4, -0.2) is 29.0 Å². The molecule has 3 aromatic rings. The van der Waals surface area contributed by atoms with Gasteiger partial charge in [-0.05, 0) is 48.6 Å². The number of hydrogen-bond acceptors (Lipinski definition) is 5. The van der Waals surface area contributed by atoms with Crippen molar-refractivity contribution in [3.63, 3.8) is 0 Å². The molecule has 6 heteroatoms. The van der Waals surface area contributed by atoms with E-state index in [-0.39, 0.29) is 6.04 Å². The van der Waals surface area contributed by atoms with Gasteiger partial charge in [-0.15, -0.1) is 0 Å². The molecule has 1 N–H and O–H groups in total. The minimum atomic E-state index is -0.0451. The molecule has 0 radical (unpaired) electrons. The maximum absolute atomic E-state index is 5.69. The van der Waals surface area contributed by atoms with Gasteiger partial charge in [0.25, 0.3) is 0 Å². The minimum absolute atomic E-state index is 0.0451. The SMILES string of the molecule is COc1ccccc1/C=C1\CCCC2=C1Nc1ncnn1[C@H]2c1ccccc1OC. The smallest absolute Gasteiger partial charge is 0.226 e. The van der Waals surface area contributed by atoms with Gasteiger partial charge in [0.15, 0.2) is 0 Å². The molecule has 1 aromatic heterocycles. The van der Waals surface area contributed by atoms with E-state index in [0.717, 1.165) is 53.5 Å². The molecule has 0 fully saturated rings. The first-order valence-corrected chi connectivity index (χ1v) is 10.2. The predicted octanol–water partition coefficient (Wildman–Crippen LogP) is 4.83. The lowest BCUT2D eigenvalue weighted by molar-refractivity contribution is 0.400. The zero-order valence-corrected chi connectivity index (χ0v) is 17.1. The number of fused-ring (bicyclic) bond motifs is 1. The molecule has 0 saturated heterocycles. The van der Waals surface area contributed by atoms with Crippen molar-refractivity contribution in [2.45, 2.75) is 25.3 Å². The molecule has 2 aromatic carbocycles. The van der Waals surface area contributed by atoms with Crippen LogP contribution in [0.1, 0.15) is 36.4 Å². The lowest BCUT2D eigenvalue weighted by Crippen LogP contribution is -2.28. The van der Waals surface area contributed by atoms with Gasteiger partial charge < -0.3 is 14.8 Å². The number of rotatable bonds is 4. The van der Waals surface area contributed by atoms with Gasteiger partial charge >= 0.3 is 0 Å². The summed E-state index contributed by atoms with van der Waals surface area (Å²) < 4.78 is 13.2. The number of aromatic nitrogens is 3. The average Bonchev–Trinajstić information content (AvgIpc) is 3.26. The Bertz CT molecular complexity index is 1150. The van der Waals surface area contributed by atoms with Gasteiger partial charge in [-0.1, -0.05) is 36.4 Å². The Morgan fingerprint density at radius 1 is 1.00 bits per heavy atom. The number of para-hydroxylation sites is 2. The summed E-state index contributed by atoms with van der Waals surface area (Å²) in [4.78, 5) is 4.47. The molecular weight excluding hydrogens is 376 g/mol. The highest BCUT2D eigenvalue weighted by atomic mass is 16.5. The van der Waals surface area contributed by atoms with Crippen LogP contribution in [0.25, 0.3) is 6.08 Å². The monoisotopic (exact) mass is 400 g/mol. The quantitative estimate of drug-likeness (QED) is 0.680. The third kappa shape index (κ3) is 3.05. The Hall–Kier alpha value is -3.54. The van der Waals surface area contributed by atoms with Crippen molar-refractivity contribution in [1.29, 1.82) is 0 Å². The summed E-state index contributed by atoms with van der Waals surface area (Å²) in [6, 6.07) is 16.2. The molecule has 1 atom stereocenters. The minimum Gasteiger partial charge on any atom is -0.496 e. The van der Waals surface area contributed by atoms with Gasteiger partial charge in [-0.2, -0.15) is 10.1 Å². The zero-order chi connectivity index (χ0) is 20.5. The van der Waals surface area contributed by atoms with Gasteiger partial charge in [0.1, 0.15) is 23.9 Å². The van der Waals surface area contributed by atoms with E-state index in [9.17, 15) is 0 Å². The second-order valence-electron chi connectivity index (χ2n) is 7.46. The van der Waals surface area contributed by atoms with Gasteiger partial charge in [-0.3, -0.25) is 0 Å². The van der Waals surface area contributed by atoms with Crippen molar-refractivity contribution >= 4 is 12.0 Å². The van der Waals surface area contributed by atoms with Crippen LogP contribution in [-0.2, 0) is 0 Å². The van der Waals surface area contributed by atoms with Crippen molar-refractivity contribution in [2.75, 3.05) is 19.5 Å². The maximum atomic E-state index is 5.69. The van der Waals surface area contributed by atoms with Crippen LogP contribution >= 0.6 is 0 Å². The third-order valence-corrected chi connectivity index (χ3v) is 5.82. The fourth-order valence-electron chi connectivity index (χ4n) is 4.48. The average molecular weight is 400 g/mol. The summed E-state index contributed by atoms with van der Waals surface area (Å²) in [7, 11) is 3.42. The van der Waals surface area contributed by atoms with E-state index in [1.165, 1.54) is 11.1 Å². The van der Waals surface area contributed by atoms with Crippen molar-refractivity contribution in [3.8, 4) is 11.5 Å². The van der Waals surface area contributed by atoms with E-state index in [1.54, 1.807) is 20.5 Å². The summed E-state index contributed by atoms with van der Waals surface area (Å²) >= 11 is 0. The number of anilines is 1. The lowest BCUT2D eigenvalue weighted by atomic mass is 9.83. The molecule has 0 unspecified atom stereocenters. The van der Waals surface area contributed by atoms with Crippen LogP contribution in [0.15, 0.2) is 71.7 Å². The first-order chi connectivity index (χ1) is 14.8. The zero-order valence-electron chi connectivity index (χ0n) is 17.1. The molecule has 1 aliphatic heterocycles. The van der Waals surface area contributed by atoms with Crippen molar-refractivity contribution < 1.29 is 9.47 Å². The Labute approximate surface area is 175 Å². The van der Waals surface area contributed by atoms with Crippen LogP contribution in [0.2, 0.25) is 0 Å². The predicted molar refractivity (Wildman–Crippen MR) is 117 cm³/mol. The lowest BCUT2D eigenvalue weighted by Gasteiger charge is -2.35. The fourth-order valence-corrected chi connectivity index (χ4v) is 4.48. The number of benzene rings is 2. The highest BCUT2D eigenvalue weighted by Crippen LogP contribution is 2.45. The van der Waals surface area contributed by atoms with E-state index in [4.69, 9.17) is 9.47 Å². The van der Waals surface area contributed by atoms with E-state index in [1.807, 2.05) is 41.1 Å². The number of hydrogen-bond donors (Lipinski definition) is 1. The Balaban J connectivity index is 1.67. The second-order valence-corrected chi connectivity index (χ2v) is 7.46. The molecule has 2 aliphatic rings. The van der Waals surface area contributed by atoms with Crippen LogP contribution in [0.3, 0.4) is 0 Å². The molecule has 0 amide bonds. The first-order valence-electron chi connectivity index (χ1n) is 10.2. The standard InChI is InChI=1S/C24H24N4O2/c1-29-20-12-5-3-8-16(20)14-17-9-7-11-19-22(17)27-24-25-15-26-28(24)23(19)18-10-4-6-13-21(18)30-2/h3-6,8,10,12-15,23H,7,9,11H2,1-2H3,(H,25,26,27)/b17-14+/t23-/m0/s1. The Morgan fingerprint density at radius 3 is 2.60 bits per heavy atom. The highest BCUT2D eigenvalue weighted by molar-refractivity contribution is 5.68. The van der Waals surface area contributed by atoms with Gasteiger partial charge in [0.2, 0.25) is 5.95 Å². The largest absolute Gasteiger partial charge is 0.496 e. The van der Waals surface area contributed by atoms with Crippen molar-refractivity contribution in [3.05, 3.63) is 82.8 Å². The number of methoxy groups -OCH3 is 2. The Kier molecular flexibility index (Phi) is 4.75. The normalized spacial score (nSPS) is 19.1. The molecule has 0 spiro atoms. The maximum Gasteiger partial charge on any atom is 0.226 e. The molecule has 152 valence electrons. The van der Waals surface area contributed by atoms with Gasteiger partial charge in [-0.25, -0.2) is 4.68 Å². The van der Waals surface area contributed by atoms with E-state index in [0.29, 0.717) is 0 Å². The topological polar surface area (TPSA) is 61.2 Å². The summed E-state index contributed by atoms with van der Waals surface area (Å²) in [5, 5.41) is 8.07. The summed E-state index contributed by atoms with van der Waals surface area (Å²) in [6.45, 7) is 0. The summed E-state index contributed by atoms with van der Waals surface area (Å²) in [6.07, 6.45) is 6.90. The second kappa shape index (κ2) is 7.71. The number of ether oxygens (including phenoxy) is 2. The number of allylic oxidation sites excluding steroid dienone is 2. The fraction of sp³-hybridized carbons (Fsp3) is 0.250. The number of nitrogens with zero attached hydrogens (tertiary/aromatic N) is 3. The Morgan fingerprint density at radius 2 is 1.77 bits per heavy atom. The molecule has 30 heavy (non-hydrogen) atoms. The molecule has 6 nitrogen and oxygen atoms in total. The first kappa shape index (κ1) is 18.5. The van der Waals surface area contributed by atoms with E-state index in [2.05, 4.69) is 33.6 Å². The van der Waals surface area contributed by atoms with Crippen molar-refractivity contribution in [2.24, 2.45) is 0 Å². The van der Waals surface area contributed by atoms with Gasteiger partial charge in [0.05, 0.1) is 14.2 Å². The van der Waals surface area contributed by atoms with Crippen LogP contribution in [0, 0.1) is 0 Å². The van der Waals surface area contributed by atoms with Crippen molar-refractivity contribution in [1.82, 2.24) is 14.8 Å². The number of nitrogens with one attached hydrogen (secondary N) is 1. The van der Waals surface area contributed by atoms with E-state index >= 15 is 0 Å². The van der Waals surface area contributed by atoms with Gasteiger partial charge in [0, 0.05) is 16.8 Å². The molecule has 0 bridgehead atoms. The van der Waals surface area contributed by atoms with Crippen LogP contribution in [0.4, 0.5) is 5.95 Å². The molecule has 5 rings (SSSR count). The van der Waals surface area contributed by atoms with Crippen LogP contribution < -0.4 is 14.8 Å².